The van der Waals surface area contributed by atoms with Crippen molar-refractivity contribution >= 4 is 6.29 Å². The van der Waals surface area contributed by atoms with Gasteiger partial charge in [-0.1, -0.05) is 36.4 Å². The molecule has 0 saturated carbocycles. The molecule has 0 bridgehead atoms. The Bertz CT molecular complexity index is 415. The van der Waals surface area contributed by atoms with Crippen molar-refractivity contribution in [2.24, 2.45) is 0 Å². The summed E-state index contributed by atoms with van der Waals surface area (Å²) in [5.41, 5.74) is 0.360. The summed E-state index contributed by atoms with van der Waals surface area (Å²) in [5, 5.41) is 9.19. The lowest BCUT2D eigenvalue weighted by Crippen LogP contribution is -2.25. The molecule has 0 radical (unpaired) electrons. The highest BCUT2D eigenvalue weighted by Gasteiger charge is 2.28. The van der Waals surface area contributed by atoms with Crippen LogP contribution in [0, 0.1) is 0 Å². The first kappa shape index (κ1) is 9.71. The molecule has 1 aliphatic rings. The van der Waals surface area contributed by atoms with Crippen LogP contribution in [0.4, 0.5) is 0 Å². The fourth-order valence-corrected chi connectivity index (χ4v) is 1.78. The maximum atomic E-state index is 11.2. The zero-order valence-corrected chi connectivity index (χ0v) is 8.26. The number of benzene rings is 1. The Kier molecular flexibility index (Phi) is 2.42. The van der Waals surface area contributed by atoms with Crippen LogP contribution in [0.2, 0.25) is 0 Å². The molecule has 0 saturated heterocycles. The molecule has 0 aromatic heterocycles. The Morgan fingerprint density at radius 2 is 1.93 bits per heavy atom. The van der Waals surface area contributed by atoms with E-state index >= 15 is 0 Å². The molecule has 0 aliphatic heterocycles. The van der Waals surface area contributed by atoms with Crippen molar-refractivity contribution in [3.63, 3.8) is 0 Å². The average Bonchev–Trinajstić information content (AvgIpc) is 2.31. The molecule has 1 aliphatic carbocycles. The number of carbonyl (C=O) groups is 1. The minimum absolute atomic E-state index is 0.218. The van der Waals surface area contributed by atoms with Gasteiger partial charge < -0.3 is 9.90 Å². The van der Waals surface area contributed by atoms with Crippen LogP contribution in [0.3, 0.4) is 0 Å². The Labute approximate surface area is 88.6 Å². The topological polar surface area (TPSA) is 37.3 Å². The Morgan fingerprint density at radius 1 is 1.20 bits per heavy atom. The minimum atomic E-state index is -0.553. The zero-order chi connectivity index (χ0) is 10.7. The molecule has 2 heteroatoms. The maximum absolute atomic E-state index is 11.2. The highest BCUT2D eigenvalue weighted by atomic mass is 16.3. The van der Waals surface area contributed by atoms with Crippen LogP contribution in [0.15, 0.2) is 48.6 Å². The van der Waals surface area contributed by atoms with Crippen LogP contribution in [0.25, 0.3) is 0 Å². The minimum Gasteiger partial charge on any atom is -0.508 e. The highest BCUT2D eigenvalue weighted by Crippen LogP contribution is 2.31. The first-order chi connectivity index (χ1) is 7.27. The Balaban J connectivity index is 2.42. The second kappa shape index (κ2) is 3.73. The van der Waals surface area contributed by atoms with Gasteiger partial charge in [0.05, 0.1) is 5.41 Å². The molecular formula is C13H12O2. The molecule has 0 fully saturated rings. The molecule has 0 amide bonds. The van der Waals surface area contributed by atoms with Crippen LogP contribution in [0.1, 0.15) is 12.0 Å². The lowest BCUT2D eigenvalue weighted by molar-refractivity contribution is -0.111. The van der Waals surface area contributed by atoms with E-state index in [0.29, 0.717) is 6.42 Å². The van der Waals surface area contributed by atoms with E-state index in [1.165, 1.54) is 0 Å². The van der Waals surface area contributed by atoms with Crippen molar-refractivity contribution in [1.82, 2.24) is 0 Å². The number of hydrogen-bond acceptors (Lipinski definition) is 2. The monoisotopic (exact) mass is 200 g/mol. The molecule has 0 spiro atoms. The second-order valence-corrected chi connectivity index (χ2v) is 3.70. The van der Waals surface area contributed by atoms with Crippen molar-refractivity contribution in [3.8, 4) is 5.75 Å². The van der Waals surface area contributed by atoms with Gasteiger partial charge in [-0.05, 0) is 24.1 Å². The molecule has 76 valence electrons. The normalized spacial score (nSPS) is 24.0. The third-order valence-corrected chi connectivity index (χ3v) is 2.71. The van der Waals surface area contributed by atoms with E-state index in [4.69, 9.17) is 0 Å². The summed E-state index contributed by atoms with van der Waals surface area (Å²) < 4.78 is 0. The van der Waals surface area contributed by atoms with Crippen molar-refractivity contribution in [2.75, 3.05) is 0 Å². The predicted octanol–water partition coefficient (Wildman–Crippen LogP) is 2.35. The van der Waals surface area contributed by atoms with Crippen LogP contribution in [-0.2, 0) is 10.2 Å². The summed E-state index contributed by atoms with van der Waals surface area (Å²) in [4.78, 5) is 11.2. The summed E-state index contributed by atoms with van der Waals surface area (Å²) in [7, 11) is 0. The van der Waals surface area contributed by atoms with Gasteiger partial charge >= 0.3 is 0 Å². The van der Waals surface area contributed by atoms with Crippen LogP contribution < -0.4 is 0 Å². The molecule has 1 aromatic rings. The molecule has 1 atom stereocenters. The molecule has 1 aromatic carbocycles. The Morgan fingerprint density at radius 3 is 2.47 bits per heavy atom. The molecule has 15 heavy (non-hydrogen) atoms. The first-order valence-electron chi connectivity index (χ1n) is 4.87. The van der Waals surface area contributed by atoms with Crippen molar-refractivity contribution < 1.29 is 9.90 Å². The van der Waals surface area contributed by atoms with Crippen LogP contribution in [-0.4, -0.2) is 11.4 Å². The summed E-state index contributed by atoms with van der Waals surface area (Å²) in [6.45, 7) is 0. The molecule has 2 rings (SSSR count). The number of phenols is 1. The third kappa shape index (κ3) is 1.71. The average molecular weight is 200 g/mol. The largest absolute Gasteiger partial charge is 0.508 e. The van der Waals surface area contributed by atoms with E-state index in [0.717, 1.165) is 11.8 Å². The standard InChI is InChI=1S/C13H12O2/c14-10-13(8-2-1-3-9-13)11-4-6-12(15)7-5-11/h1-8,10,15H,9H2. The zero-order valence-electron chi connectivity index (χ0n) is 8.26. The van der Waals surface area contributed by atoms with Gasteiger partial charge in [0.15, 0.2) is 0 Å². The number of hydrogen-bond donors (Lipinski definition) is 1. The highest BCUT2D eigenvalue weighted by molar-refractivity contribution is 5.73. The summed E-state index contributed by atoms with van der Waals surface area (Å²) in [6.07, 6.45) is 9.32. The number of phenolic OH excluding ortho intramolecular Hbond substituents is 1. The van der Waals surface area contributed by atoms with E-state index in [2.05, 4.69) is 0 Å². The van der Waals surface area contributed by atoms with Gasteiger partial charge in [0.1, 0.15) is 12.0 Å². The van der Waals surface area contributed by atoms with Gasteiger partial charge in [-0.2, -0.15) is 0 Å². The van der Waals surface area contributed by atoms with Crippen LogP contribution >= 0.6 is 0 Å². The second-order valence-electron chi connectivity index (χ2n) is 3.70. The number of aldehydes is 1. The molecule has 2 nitrogen and oxygen atoms in total. The lowest BCUT2D eigenvalue weighted by Gasteiger charge is -2.25. The number of rotatable bonds is 2. The van der Waals surface area contributed by atoms with Crippen molar-refractivity contribution in [3.05, 3.63) is 54.1 Å². The van der Waals surface area contributed by atoms with E-state index in [-0.39, 0.29) is 5.75 Å². The van der Waals surface area contributed by atoms with E-state index < -0.39 is 5.41 Å². The van der Waals surface area contributed by atoms with E-state index in [1.807, 2.05) is 24.3 Å². The van der Waals surface area contributed by atoms with E-state index in [1.54, 1.807) is 24.3 Å². The first-order valence-corrected chi connectivity index (χ1v) is 4.87. The van der Waals surface area contributed by atoms with Gasteiger partial charge in [-0.3, -0.25) is 0 Å². The van der Waals surface area contributed by atoms with Gasteiger partial charge in [0.2, 0.25) is 0 Å². The fourth-order valence-electron chi connectivity index (χ4n) is 1.78. The SMILES string of the molecule is O=CC1(c2ccc(O)cc2)C=CC=CC1. The van der Waals surface area contributed by atoms with Crippen molar-refractivity contribution in [2.45, 2.75) is 11.8 Å². The molecular weight excluding hydrogens is 188 g/mol. The summed E-state index contributed by atoms with van der Waals surface area (Å²) >= 11 is 0. The predicted molar refractivity (Wildman–Crippen MR) is 58.7 cm³/mol. The quantitative estimate of drug-likeness (QED) is 0.744. The summed E-state index contributed by atoms with van der Waals surface area (Å²) in [5.74, 6) is 0.218. The smallest absolute Gasteiger partial charge is 0.134 e. The number of carbonyl (C=O) groups excluding carboxylic acids is 1. The summed E-state index contributed by atoms with van der Waals surface area (Å²) in [6, 6.07) is 6.78. The van der Waals surface area contributed by atoms with Gasteiger partial charge in [-0.25, -0.2) is 0 Å². The van der Waals surface area contributed by atoms with Gasteiger partial charge in [0.25, 0.3) is 0 Å². The van der Waals surface area contributed by atoms with Gasteiger partial charge in [0, 0.05) is 0 Å². The number of allylic oxidation sites excluding steroid dienone is 4. The Hall–Kier alpha value is -1.83. The van der Waals surface area contributed by atoms with Crippen LogP contribution in [0.5, 0.6) is 5.75 Å². The fraction of sp³-hybridized carbons (Fsp3) is 0.154. The maximum Gasteiger partial charge on any atom is 0.134 e. The van der Waals surface area contributed by atoms with E-state index in [9.17, 15) is 9.90 Å². The third-order valence-electron chi connectivity index (χ3n) is 2.71. The lowest BCUT2D eigenvalue weighted by atomic mass is 9.77. The molecule has 1 N–H and O–H groups in total. The molecule has 1 unspecified atom stereocenters. The van der Waals surface area contributed by atoms with Crippen molar-refractivity contribution in [1.29, 1.82) is 0 Å². The van der Waals surface area contributed by atoms with Gasteiger partial charge in [-0.15, -0.1) is 0 Å². The molecule has 0 heterocycles. The number of aromatic hydroxyl groups is 1.